The van der Waals surface area contributed by atoms with E-state index in [1.165, 1.54) is 30.5 Å². The number of pyridine rings is 1. The van der Waals surface area contributed by atoms with Crippen molar-refractivity contribution in [2.24, 2.45) is 0 Å². The Balaban J connectivity index is 2.07. The number of rotatable bonds is 8. The van der Waals surface area contributed by atoms with Gasteiger partial charge in [-0.3, -0.25) is 4.79 Å². The summed E-state index contributed by atoms with van der Waals surface area (Å²) in [5, 5.41) is 5.40. The third-order valence-electron chi connectivity index (χ3n) is 3.94. The van der Waals surface area contributed by atoms with Crippen LogP contribution in [0.4, 0.5) is 24.7 Å². The van der Waals surface area contributed by atoms with E-state index in [0.717, 1.165) is 25.0 Å². The van der Waals surface area contributed by atoms with Gasteiger partial charge >= 0.3 is 12.1 Å². The summed E-state index contributed by atoms with van der Waals surface area (Å²) in [6, 6.07) is 7.36. The third kappa shape index (κ3) is 6.78. The molecule has 0 aliphatic heterocycles. The van der Waals surface area contributed by atoms with Crippen molar-refractivity contribution in [3.8, 4) is 0 Å². The predicted molar refractivity (Wildman–Crippen MR) is 102 cm³/mol. The van der Waals surface area contributed by atoms with Gasteiger partial charge in [-0.05, 0) is 43.7 Å². The fourth-order valence-electron chi connectivity index (χ4n) is 2.61. The summed E-state index contributed by atoms with van der Waals surface area (Å²) in [5.41, 5.74) is -0.724. The zero-order valence-electron chi connectivity index (χ0n) is 16.0. The minimum atomic E-state index is -4.49. The van der Waals surface area contributed by atoms with Gasteiger partial charge < -0.3 is 15.4 Å². The Morgan fingerprint density at radius 2 is 1.97 bits per heavy atom. The predicted octanol–water partition coefficient (Wildman–Crippen LogP) is 4.31. The molecule has 0 fully saturated rings. The second kappa shape index (κ2) is 9.90. The SMILES string of the molecule is CCCC(C)NC(=O)COC(=O)c1cccnc1Nc1cccc(C(F)(F)F)c1. The smallest absolute Gasteiger partial charge is 0.416 e. The molecular weight excluding hydrogens is 387 g/mol. The molecule has 1 unspecified atom stereocenters. The number of amides is 1. The fraction of sp³-hybridized carbons (Fsp3) is 0.350. The number of anilines is 2. The van der Waals surface area contributed by atoms with E-state index in [2.05, 4.69) is 15.6 Å². The Bertz CT molecular complexity index is 856. The van der Waals surface area contributed by atoms with Gasteiger partial charge in [0.25, 0.3) is 5.91 Å². The van der Waals surface area contributed by atoms with Gasteiger partial charge in [0.05, 0.1) is 5.56 Å². The number of benzene rings is 1. The normalized spacial score (nSPS) is 12.2. The first kappa shape index (κ1) is 22.2. The Hall–Kier alpha value is -3.10. The second-order valence-electron chi connectivity index (χ2n) is 6.44. The molecule has 6 nitrogen and oxygen atoms in total. The lowest BCUT2D eigenvalue weighted by Gasteiger charge is -2.14. The van der Waals surface area contributed by atoms with Crippen LogP contribution in [0.3, 0.4) is 0 Å². The van der Waals surface area contributed by atoms with Gasteiger partial charge in [-0.1, -0.05) is 19.4 Å². The number of carbonyl (C=O) groups excluding carboxylic acids is 2. The van der Waals surface area contributed by atoms with Gasteiger partial charge in [-0.2, -0.15) is 13.2 Å². The highest BCUT2D eigenvalue weighted by Crippen LogP contribution is 2.31. The van der Waals surface area contributed by atoms with Crippen molar-refractivity contribution in [3.63, 3.8) is 0 Å². The van der Waals surface area contributed by atoms with Crippen LogP contribution < -0.4 is 10.6 Å². The number of nitrogens with one attached hydrogen (secondary N) is 2. The quantitative estimate of drug-likeness (QED) is 0.636. The van der Waals surface area contributed by atoms with Gasteiger partial charge in [0.1, 0.15) is 11.4 Å². The van der Waals surface area contributed by atoms with Crippen molar-refractivity contribution in [1.82, 2.24) is 10.3 Å². The van der Waals surface area contributed by atoms with Crippen LogP contribution in [0.15, 0.2) is 42.6 Å². The largest absolute Gasteiger partial charge is 0.452 e. The molecule has 156 valence electrons. The minimum Gasteiger partial charge on any atom is -0.452 e. The zero-order chi connectivity index (χ0) is 21.4. The highest BCUT2D eigenvalue weighted by Gasteiger charge is 2.30. The van der Waals surface area contributed by atoms with E-state index in [1.54, 1.807) is 0 Å². The molecule has 0 bridgehead atoms. The lowest BCUT2D eigenvalue weighted by Crippen LogP contribution is -2.35. The molecular formula is C20H22F3N3O3. The molecule has 1 atom stereocenters. The van der Waals surface area contributed by atoms with Crippen molar-refractivity contribution in [1.29, 1.82) is 0 Å². The summed E-state index contributed by atoms with van der Waals surface area (Å²) in [6.07, 6.45) is -1.41. The van der Waals surface area contributed by atoms with E-state index in [9.17, 15) is 22.8 Å². The molecule has 9 heteroatoms. The zero-order valence-corrected chi connectivity index (χ0v) is 16.0. The summed E-state index contributed by atoms with van der Waals surface area (Å²) in [7, 11) is 0. The summed E-state index contributed by atoms with van der Waals surface area (Å²) in [4.78, 5) is 28.2. The molecule has 0 spiro atoms. The molecule has 1 heterocycles. The van der Waals surface area contributed by atoms with Gasteiger partial charge in [0, 0.05) is 17.9 Å². The highest BCUT2D eigenvalue weighted by atomic mass is 19.4. The number of aromatic nitrogens is 1. The van der Waals surface area contributed by atoms with E-state index in [4.69, 9.17) is 4.74 Å². The van der Waals surface area contributed by atoms with Crippen LogP contribution >= 0.6 is 0 Å². The van der Waals surface area contributed by atoms with Crippen molar-refractivity contribution >= 4 is 23.4 Å². The number of nitrogens with zero attached hydrogens (tertiary/aromatic N) is 1. The molecule has 2 aromatic rings. The van der Waals surface area contributed by atoms with Crippen LogP contribution in [0.5, 0.6) is 0 Å². The van der Waals surface area contributed by atoms with E-state index in [0.29, 0.717) is 0 Å². The molecule has 0 saturated heterocycles. The van der Waals surface area contributed by atoms with Crippen LogP contribution in [0.25, 0.3) is 0 Å². The maximum atomic E-state index is 12.9. The molecule has 2 N–H and O–H groups in total. The van der Waals surface area contributed by atoms with Crippen LogP contribution in [0.1, 0.15) is 42.6 Å². The summed E-state index contributed by atoms with van der Waals surface area (Å²) < 4.78 is 43.6. The average Bonchev–Trinajstić information content (AvgIpc) is 2.66. The van der Waals surface area contributed by atoms with Crippen molar-refractivity contribution < 1.29 is 27.5 Å². The second-order valence-corrected chi connectivity index (χ2v) is 6.44. The summed E-state index contributed by atoms with van der Waals surface area (Å²) >= 11 is 0. The first-order chi connectivity index (χ1) is 13.7. The summed E-state index contributed by atoms with van der Waals surface area (Å²) in [6.45, 7) is 3.37. The lowest BCUT2D eigenvalue weighted by atomic mass is 10.2. The molecule has 1 amide bonds. The number of alkyl halides is 3. The monoisotopic (exact) mass is 409 g/mol. The molecule has 0 saturated carbocycles. The van der Waals surface area contributed by atoms with Crippen LogP contribution in [0.2, 0.25) is 0 Å². The maximum Gasteiger partial charge on any atom is 0.416 e. The molecule has 29 heavy (non-hydrogen) atoms. The number of ether oxygens (including phenoxy) is 1. The Kier molecular flexibility index (Phi) is 7.58. The number of hydrogen-bond acceptors (Lipinski definition) is 5. The van der Waals surface area contributed by atoms with E-state index in [-0.39, 0.29) is 23.1 Å². The minimum absolute atomic E-state index is 0.000631. The average molecular weight is 409 g/mol. The van der Waals surface area contributed by atoms with Gasteiger partial charge in [-0.25, -0.2) is 9.78 Å². The van der Waals surface area contributed by atoms with Crippen molar-refractivity contribution in [3.05, 3.63) is 53.7 Å². The Morgan fingerprint density at radius 3 is 2.66 bits per heavy atom. The Morgan fingerprint density at radius 1 is 1.21 bits per heavy atom. The van der Waals surface area contributed by atoms with Crippen molar-refractivity contribution in [2.45, 2.75) is 38.9 Å². The van der Waals surface area contributed by atoms with Crippen molar-refractivity contribution in [2.75, 3.05) is 11.9 Å². The number of carbonyl (C=O) groups is 2. The van der Waals surface area contributed by atoms with Gasteiger partial charge in [-0.15, -0.1) is 0 Å². The number of hydrogen-bond donors (Lipinski definition) is 2. The van der Waals surface area contributed by atoms with Gasteiger partial charge in [0.15, 0.2) is 6.61 Å². The third-order valence-corrected chi connectivity index (χ3v) is 3.94. The molecule has 1 aromatic carbocycles. The van der Waals surface area contributed by atoms with E-state index >= 15 is 0 Å². The first-order valence-electron chi connectivity index (χ1n) is 9.06. The van der Waals surface area contributed by atoms with Crippen LogP contribution in [-0.4, -0.2) is 29.5 Å². The fourth-order valence-corrected chi connectivity index (χ4v) is 2.61. The van der Waals surface area contributed by atoms with E-state index in [1.807, 2.05) is 13.8 Å². The highest BCUT2D eigenvalue weighted by molar-refractivity contribution is 5.96. The standard InChI is InChI=1S/C20H22F3N3O3/c1-3-6-13(2)25-17(27)12-29-19(28)16-9-5-10-24-18(16)26-15-8-4-7-14(11-15)20(21,22)23/h4-5,7-11,13H,3,6,12H2,1-2H3,(H,24,26)(H,25,27). The molecule has 0 aliphatic rings. The Labute approximate surface area is 166 Å². The number of esters is 1. The number of halogens is 3. The molecule has 2 rings (SSSR count). The molecule has 0 radical (unpaired) electrons. The lowest BCUT2D eigenvalue weighted by molar-refractivity contribution is -0.137. The molecule has 1 aromatic heterocycles. The first-order valence-corrected chi connectivity index (χ1v) is 9.06. The van der Waals surface area contributed by atoms with Crippen LogP contribution in [0, 0.1) is 0 Å². The molecule has 0 aliphatic carbocycles. The summed E-state index contributed by atoms with van der Waals surface area (Å²) in [5.74, 6) is -1.22. The van der Waals surface area contributed by atoms with Gasteiger partial charge in [0.2, 0.25) is 0 Å². The maximum absolute atomic E-state index is 12.9. The topological polar surface area (TPSA) is 80.3 Å². The van der Waals surface area contributed by atoms with E-state index < -0.39 is 30.2 Å². The van der Waals surface area contributed by atoms with Crippen LogP contribution in [-0.2, 0) is 15.7 Å².